The van der Waals surface area contributed by atoms with E-state index in [9.17, 15) is 4.79 Å². The Balaban J connectivity index is 1.40. The van der Waals surface area contributed by atoms with E-state index in [-0.39, 0.29) is 12.2 Å². The van der Waals surface area contributed by atoms with Crippen molar-refractivity contribution >= 4 is 5.91 Å². The number of nitrogens with zero attached hydrogens (tertiary/aromatic N) is 4. The third kappa shape index (κ3) is 13.0. The Labute approximate surface area is 213 Å². The van der Waals surface area contributed by atoms with Crippen LogP contribution in [0, 0.1) is 0 Å². The van der Waals surface area contributed by atoms with E-state index in [0.717, 1.165) is 50.6 Å². The Morgan fingerprint density at radius 2 is 1.60 bits per heavy atom. The first kappa shape index (κ1) is 29.1. The number of rotatable bonds is 21. The Bertz CT molecular complexity index is 718. The molecule has 0 aliphatic carbocycles. The lowest BCUT2D eigenvalue weighted by Crippen LogP contribution is -2.42. The largest absolute Gasteiger partial charge is 0.358 e. The van der Waals surface area contributed by atoms with Crippen LogP contribution in [0.25, 0.3) is 0 Å². The van der Waals surface area contributed by atoms with E-state index in [2.05, 4.69) is 32.8 Å². The first-order chi connectivity index (χ1) is 17.1. The summed E-state index contributed by atoms with van der Waals surface area (Å²) < 4.78 is 1.84. The van der Waals surface area contributed by atoms with E-state index < -0.39 is 0 Å². The third-order valence-electron chi connectivity index (χ3n) is 6.91. The molecular formula is C27H51N7O. The minimum Gasteiger partial charge on any atom is -0.358 e. The van der Waals surface area contributed by atoms with E-state index >= 15 is 0 Å². The topological polar surface area (TPSA) is 101 Å². The van der Waals surface area contributed by atoms with Gasteiger partial charge >= 0.3 is 0 Å². The van der Waals surface area contributed by atoms with Crippen LogP contribution in [-0.4, -0.2) is 45.7 Å². The molecule has 0 radical (unpaired) electrons. The smallest absolute Gasteiger partial charge is 0.220 e. The first-order valence-electron chi connectivity index (χ1n) is 14.2. The van der Waals surface area contributed by atoms with E-state index in [1.54, 1.807) is 0 Å². The van der Waals surface area contributed by atoms with E-state index in [1.807, 2.05) is 24.1 Å². The minimum atomic E-state index is -0.0886. The summed E-state index contributed by atoms with van der Waals surface area (Å²) in [5.41, 5.74) is 8.21. The standard InChI is InChI=1S/C27H51N7O/c1-3-4-5-6-7-8-9-10-11-12-16-19-26(35)29-20-21-34-23-24(31-32-34)17-14-13-15-18-25-22-30-27(28)33(25)2/h22-23,27,30H,3-21,28H2,1-2H3,(H,29,35). The highest BCUT2D eigenvalue weighted by atomic mass is 16.1. The van der Waals surface area contributed by atoms with Crippen LogP contribution in [-0.2, 0) is 17.8 Å². The molecule has 4 N–H and O–H groups in total. The monoisotopic (exact) mass is 489 g/mol. The fourth-order valence-electron chi connectivity index (χ4n) is 4.52. The van der Waals surface area contributed by atoms with Crippen molar-refractivity contribution in [2.24, 2.45) is 5.73 Å². The number of carbonyl (C=O) groups excluding carboxylic acids is 1. The zero-order chi connectivity index (χ0) is 25.1. The number of allylic oxidation sites excluding steroid dienone is 1. The Morgan fingerprint density at radius 3 is 2.26 bits per heavy atom. The molecule has 1 atom stereocenters. The zero-order valence-electron chi connectivity index (χ0n) is 22.4. The molecule has 200 valence electrons. The second-order valence-electron chi connectivity index (χ2n) is 10.0. The van der Waals surface area contributed by atoms with Crippen LogP contribution >= 0.6 is 0 Å². The molecule has 0 bridgehead atoms. The van der Waals surface area contributed by atoms with Gasteiger partial charge in [-0.25, -0.2) is 0 Å². The highest BCUT2D eigenvalue weighted by Crippen LogP contribution is 2.17. The van der Waals surface area contributed by atoms with E-state index in [4.69, 9.17) is 5.73 Å². The number of nitrogens with two attached hydrogens (primary N) is 1. The average Bonchev–Trinajstić information content (AvgIpc) is 3.43. The quantitative estimate of drug-likeness (QED) is 0.214. The SMILES string of the molecule is CCCCCCCCCCCCCC(=O)NCCn1cc(CCCCCC2=CNC(N)N2C)nn1. The molecule has 1 aromatic heterocycles. The van der Waals surface area contributed by atoms with Gasteiger partial charge in [-0.2, -0.15) is 0 Å². The van der Waals surface area contributed by atoms with Gasteiger partial charge in [-0.3, -0.25) is 15.2 Å². The van der Waals surface area contributed by atoms with Gasteiger partial charge in [0.25, 0.3) is 0 Å². The molecule has 0 fully saturated rings. The van der Waals surface area contributed by atoms with Crippen molar-refractivity contribution in [1.82, 2.24) is 30.5 Å². The maximum atomic E-state index is 12.1. The fraction of sp³-hybridized carbons (Fsp3) is 0.815. The van der Waals surface area contributed by atoms with Crippen LogP contribution in [0.3, 0.4) is 0 Å². The highest BCUT2D eigenvalue weighted by Gasteiger charge is 2.17. The number of nitrogens with one attached hydrogen (secondary N) is 2. The van der Waals surface area contributed by atoms with Crippen LogP contribution in [0.15, 0.2) is 18.1 Å². The normalized spacial score (nSPS) is 15.3. The minimum absolute atomic E-state index is 0.0886. The van der Waals surface area contributed by atoms with Crippen LogP contribution in [0.5, 0.6) is 0 Å². The van der Waals surface area contributed by atoms with Crippen molar-refractivity contribution in [2.45, 2.75) is 129 Å². The van der Waals surface area contributed by atoms with Gasteiger partial charge in [0.15, 0.2) is 6.29 Å². The molecule has 0 spiro atoms. The molecule has 2 heterocycles. The summed E-state index contributed by atoms with van der Waals surface area (Å²) in [5.74, 6) is 0.153. The number of aromatic nitrogens is 3. The summed E-state index contributed by atoms with van der Waals surface area (Å²) in [4.78, 5) is 14.1. The summed E-state index contributed by atoms with van der Waals surface area (Å²) in [5, 5.41) is 14.6. The molecule has 1 amide bonds. The summed E-state index contributed by atoms with van der Waals surface area (Å²) in [7, 11) is 2.02. The number of carbonyl (C=O) groups is 1. The van der Waals surface area contributed by atoms with Crippen molar-refractivity contribution in [3.8, 4) is 0 Å². The second kappa shape index (κ2) is 18.2. The maximum absolute atomic E-state index is 12.1. The lowest BCUT2D eigenvalue weighted by Gasteiger charge is -2.20. The van der Waals surface area contributed by atoms with E-state index in [1.165, 1.54) is 63.5 Å². The van der Waals surface area contributed by atoms with Crippen molar-refractivity contribution in [2.75, 3.05) is 13.6 Å². The number of amides is 1. The molecule has 1 aliphatic rings. The van der Waals surface area contributed by atoms with Gasteiger partial charge in [-0.15, -0.1) is 5.10 Å². The van der Waals surface area contributed by atoms with Crippen LogP contribution in [0.2, 0.25) is 0 Å². The molecule has 1 unspecified atom stereocenters. The maximum Gasteiger partial charge on any atom is 0.220 e. The van der Waals surface area contributed by atoms with Gasteiger partial charge in [0, 0.05) is 38.1 Å². The summed E-state index contributed by atoms with van der Waals surface area (Å²) in [6.45, 7) is 3.55. The molecule has 2 rings (SSSR count). The van der Waals surface area contributed by atoms with Gasteiger partial charge < -0.3 is 15.5 Å². The van der Waals surface area contributed by atoms with Gasteiger partial charge in [0.1, 0.15) is 0 Å². The van der Waals surface area contributed by atoms with Gasteiger partial charge in [-0.1, -0.05) is 82.8 Å². The molecule has 1 aliphatic heterocycles. The fourth-order valence-corrected chi connectivity index (χ4v) is 4.52. The van der Waals surface area contributed by atoms with E-state index in [0.29, 0.717) is 19.5 Å². The van der Waals surface area contributed by atoms with Crippen molar-refractivity contribution in [3.63, 3.8) is 0 Å². The molecule has 1 aromatic rings. The molecule has 0 saturated carbocycles. The van der Waals surface area contributed by atoms with Crippen LogP contribution in [0.4, 0.5) is 0 Å². The summed E-state index contributed by atoms with van der Waals surface area (Å²) >= 11 is 0. The predicted octanol–water partition coefficient (Wildman–Crippen LogP) is 4.82. The number of hydrogen-bond acceptors (Lipinski definition) is 6. The van der Waals surface area contributed by atoms with Gasteiger partial charge in [0.2, 0.25) is 5.91 Å². The molecule has 8 nitrogen and oxygen atoms in total. The predicted molar refractivity (Wildman–Crippen MR) is 143 cm³/mol. The van der Waals surface area contributed by atoms with Crippen LogP contribution < -0.4 is 16.4 Å². The Hall–Kier alpha value is -2.09. The van der Waals surface area contributed by atoms with Crippen molar-refractivity contribution in [1.29, 1.82) is 0 Å². The summed E-state index contributed by atoms with van der Waals surface area (Å²) in [6, 6.07) is 0. The Morgan fingerprint density at radius 1 is 0.971 bits per heavy atom. The van der Waals surface area contributed by atoms with Crippen molar-refractivity contribution < 1.29 is 4.79 Å². The molecule has 0 saturated heterocycles. The van der Waals surface area contributed by atoms with Gasteiger partial charge in [0.05, 0.1) is 12.2 Å². The second-order valence-corrected chi connectivity index (χ2v) is 10.0. The number of unbranched alkanes of at least 4 members (excludes halogenated alkanes) is 12. The first-order valence-corrected chi connectivity index (χ1v) is 14.2. The highest BCUT2D eigenvalue weighted by molar-refractivity contribution is 5.75. The van der Waals surface area contributed by atoms with Gasteiger partial charge in [-0.05, 0) is 32.1 Å². The lowest BCUT2D eigenvalue weighted by atomic mass is 10.1. The molecule has 8 heteroatoms. The van der Waals surface area contributed by atoms with Crippen molar-refractivity contribution in [3.05, 3.63) is 23.8 Å². The van der Waals surface area contributed by atoms with Crippen LogP contribution in [0.1, 0.15) is 115 Å². The zero-order valence-corrected chi connectivity index (χ0v) is 22.4. The Kier molecular flexibility index (Phi) is 15.2. The third-order valence-corrected chi connectivity index (χ3v) is 6.91. The lowest BCUT2D eigenvalue weighted by molar-refractivity contribution is -0.121. The average molecular weight is 490 g/mol. The summed E-state index contributed by atoms with van der Waals surface area (Å²) in [6.07, 6.45) is 24.3. The molecular weight excluding hydrogens is 438 g/mol. The molecule has 0 aromatic carbocycles. The number of hydrogen-bond donors (Lipinski definition) is 3. The molecule has 35 heavy (non-hydrogen) atoms. The number of aryl methyl sites for hydroxylation is 1.